The molecule has 1 unspecified atom stereocenters. The van der Waals surface area contributed by atoms with Gasteiger partial charge in [0.1, 0.15) is 6.33 Å². The molecule has 0 aliphatic rings. The van der Waals surface area contributed by atoms with E-state index in [0.29, 0.717) is 0 Å². The van der Waals surface area contributed by atoms with Gasteiger partial charge in [0.25, 0.3) is 0 Å². The average molecular weight is 190 g/mol. The minimum absolute atomic E-state index is 0.254. The van der Waals surface area contributed by atoms with Gasteiger partial charge in [-0.15, -0.1) is 0 Å². The van der Waals surface area contributed by atoms with E-state index in [1.807, 2.05) is 25.3 Å². The Bertz CT molecular complexity index is 426. The van der Waals surface area contributed by atoms with Gasteiger partial charge < -0.3 is 0 Å². The molecule has 0 saturated heterocycles. The van der Waals surface area contributed by atoms with Gasteiger partial charge in [0.2, 0.25) is 0 Å². The molecule has 1 atom stereocenters. The molecule has 0 saturated carbocycles. The van der Waals surface area contributed by atoms with E-state index in [4.69, 9.17) is 0 Å². The molecule has 1 aromatic carbocycles. The van der Waals surface area contributed by atoms with Crippen molar-refractivity contribution in [1.82, 2.24) is 9.97 Å². The van der Waals surface area contributed by atoms with E-state index < -0.39 is 0 Å². The minimum Gasteiger partial charge on any atom is -0.244 e. The van der Waals surface area contributed by atoms with Crippen molar-refractivity contribution in [3.05, 3.63) is 36.3 Å². The minimum atomic E-state index is 0.254. The number of benzene rings is 1. The normalized spacial score (nSPS) is 13.1. The summed E-state index contributed by atoms with van der Waals surface area (Å²) in [5, 5.41) is 1.32. The second kappa shape index (κ2) is 3.34. The number of nitrogens with zero attached hydrogens (tertiary/aromatic N) is 2. The van der Waals surface area contributed by atoms with Crippen molar-refractivity contribution in [1.29, 1.82) is 0 Å². The number of rotatable bonds is 1. The van der Waals surface area contributed by atoms with Gasteiger partial charge in [-0.1, -0.05) is 6.07 Å². The molecule has 1 heterocycles. The first kappa shape index (κ1) is 8.51. The smallest absolute Gasteiger partial charge is 0.116 e. The summed E-state index contributed by atoms with van der Waals surface area (Å²) in [4.78, 5) is 8.12. The summed E-state index contributed by atoms with van der Waals surface area (Å²) in [7, 11) is 0. The molecule has 3 heteroatoms. The zero-order chi connectivity index (χ0) is 9.26. The van der Waals surface area contributed by atoms with Gasteiger partial charge in [-0.2, -0.15) is 12.6 Å². The molecule has 0 spiro atoms. The zero-order valence-electron chi connectivity index (χ0n) is 7.31. The highest BCUT2D eigenvalue weighted by Gasteiger charge is 2.00. The predicted octanol–water partition coefficient (Wildman–Crippen LogP) is 2.62. The van der Waals surface area contributed by atoms with Crippen molar-refractivity contribution >= 4 is 23.5 Å². The number of hydrogen-bond acceptors (Lipinski definition) is 3. The van der Waals surface area contributed by atoms with Crippen LogP contribution < -0.4 is 0 Å². The van der Waals surface area contributed by atoms with Crippen LogP contribution in [0.4, 0.5) is 0 Å². The van der Waals surface area contributed by atoms with Crippen LogP contribution in [0.1, 0.15) is 17.7 Å². The third-order valence-corrected chi connectivity index (χ3v) is 2.31. The van der Waals surface area contributed by atoms with Crippen LogP contribution in [0.15, 0.2) is 30.7 Å². The first-order chi connectivity index (χ1) is 6.27. The summed E-state index contributed by atoms with van der Waals surface area (Å²) in [6, 6.07) is 6.12. The largest absolute Gasteiger partial charge is 0.244 e. The maximum absolute atomic E-state index is 4.37. The first-order valence-corrected chi connectivity index (χ1v) is 4.67. The summed E-state index contributed by atoms with van der Waals surface area (Å²) >= 11 is 4.37. The fraction of sp³-hybridized carbons (Fsp3) is 0.200. The second-order valence-electron chi connectivity index (χ2n) is 3.02. The Morgan fingerprint density at radius 3 is 3.00 bits per heavy atom. The SMILES string of the molecule is CC(S)c1ccc2ncncc2c1. The van der Waals surface area contributed by atoms with Crippen LogP contribution in [0.25, 0.3) is 10.9 Å². The average Bonchev–Trinajstić information content (AvgIpc) is 2.17. The monoisotopic (exact) mass is 190 g/mol. The van der Waals surface area contributed by atoms with Gasteiger partial charge in [0.15, 0.2) is 0 Å². The summed E-state index contributed by atoms with van der Waals surface area (Å²) in [5.41, 5.74) is 2.18. The number of fused-ring (bicyclic) bond motifs is 1. The van der Waals surface area contributed by atoms with E-state index in [9.17, 15) is 0 Å². The Morgan fingerprint density at radius 2 is 2.23 bits per heavy atom. The van der Waals surface area contributed by atoms with Crippen molar-refractivity contribution in [2.75, 3.05) is 0 Å². The van der Waals surface area contributed by atoms with E-state index in [2.05, 4.69) is 28.7 Å². The fourth-order valence-electron chi connectivity index (χ4n) is 1.26. The Morgan fingerprint density at radius 1 is 1.38 bits per heavy atom. The molecular formula is C10H10N2S. The summed E-state index contributed by atoms with van der Waals surface area (Å²) in [6.07, 6.45) is 3.38. The number of hydrogen-bond donors (Lipinski definition) is 1. The first-order valence-electron chi connectivity index (χ1n) is 4.15. The standard InChI is InChI=1S/C10H10N2S/c1-7(13)8-2-3-10-9(4-8)5-11-6-12-10/h2-7,13H,1H3. The molecule has 0 radical (unpaired) electrons. The van der Waals surface area contributed by atoms with E-state index in [1.165, 1.54) is 5.56 Å². The molecule has 0 bridgehead atoms. The van der Waals surface area contributed by atoms with Crippen molar-refractivity contribution in [3.8, 4) is 0 Å². The number of thiol groups is 1. The zero-order valence-corrected chi connectivity index (χ0v) is 8.20. The van der Waals surface area contributed by atoms with Crippen LogP contribution in [-0.4, -0.2) is 9.97 Å². The molecule has 13 heavy (non-hydrogen) atoms. The molecule has 0 aliphatic heterocycles. The summed E-state index contributed by atoms with van der Waals surface area (Å²) in [5.74, 6) is 0. The van der Waals surface area contributed by atoms with Crippen molar-refractivity contribution in [3.63, 3.8) is 0 Å². The topological polar surface area (TPSA) is 25.8 Å². The maximum atomic E-state index is 4.37. The Labute approximate surface area is 82.4 Å². The molecule has 66 valence electrons. The lowest BCUT2D eigenvalue weighted by Gasteiger charge is -2.04. The maximum Gasteiger partial charge on any atom is 0.116 e. The second-order valence-corrected chi connectivity index (χ2v) is 3.79. The van der Waals surface area contributed by atoms with Crippen LogP contribution in [0.5, 0.6) is 0 Å². The molecule has 0 aliphatic carbocycles. The van der Waals surface area contributed by atoms with Gasteiger partial charge >= 0.3 is 0 Å². The van der Waals surface area contributed by atoms with Crippen LogP contribution in [0, 0.1) is 0 Å². The molecule has 2 aromatic rings. The third-order valence-electron chi connectivity index (χ3n) is 2.01. The molecule has 0 N–H and O–H groups in total. The van der Waals surface area contributed by atoms with Crippen LogP contribution in [-0.2, 0) is 0 Å². The highest BCUT2D eigenvalue weighted by Crippen LogP contribution is 2.21. The Balaban J connectivity index is 2.62. The van der Waals surface area contributed by atoms with Gasteiger partial charge in [-0.05, 0) is 24.6 Å². The van der Waals surface area contributed by atoms with Crippen molar-refractivity contribution in [2.45, 2.75) is 12.2 Å². The van der Waals surface area contributed by atoms with Gasteiger partial charge in [-0.3, -0.25) is 0 Å². The molecular weight excluding hydrogens is 180 g/mol. The van der Waals surface area contributed by atoms with Crippen LogP contribution in [0.2, 0.25) is 0 Å². The van der Waals surface area contributed by atoms with Crippen LogP contribution in [0.3, 0.4) is 0 Å². The lowest BCUT2D eigenvalue weighted by molar-refractivity contribution is 1.11. The van der Waals surface area contributed by atoms with Crippen LogP contribution >= 0.6 is 12.6 Å². The van der Waals surface area contributed by atoms with E-state index >= 15 is 0 Å². The number of aromatic nitrogens is 2. The predicted molar refractivity (Wildman–Crippen MR) is 56.9 cm³/mol. The van der Waals surface area contributed by atoms with E-state index in [0.717, 1.165) is 10.9 Å². The summed E-state index contributed by atoms with van der Waals surface area (Å²) < 4.78 is 0. The van der Waals surface area contributed by atoms with E-state index in [1.54, 1.807) is 6.33 Å². The molecule has 0 fully saturated rings. The van der Waals surface area contributed by atoms with Crippen molar-refractivity contribution < 1.29 is 0 Å². The lowest BCUT2D eigenvalue weighted by Crippen LogP contribution is -1.86. The Kier molecular flexibility index (Phi) is 2.19. The lowest BCUT2D eigenvalue weighted by atomic mass is 10.1. The molecule has 2 nitrogen and oxygen atoms in total. The summed E-state index contributed by atoms with van der Waals surface area (Å²) in [6.45, 7) is 2.05. The fourth-order valence-corrected chi connectivity index (χ4v) is 1.42. The quantitative estimate of drug-likeness (QED) is 0.699. The Hall–Kier alpha value is -1.09. The van der Waals surface area contributed by atoms with E-state index in [-0.39, 0.29) is 5.25 Å². The molecule has 1 aromatic heterocycles. The van der Waals surface area contributed by atoms with Gasteiger partial charge in [-0.25, -0.2) is 9.97 Å². The van der Waals surface area contributed by atoms with Gasteiger partial charge in [0.05, 0.1) is 5.52 Å². The molecule has 2 rings (SSSR count). The molecule has 0 amide bonds. The highest BCUT2D eigenvalue weighted by atomic mass is 32.1. The third kappa shape index (κ3) is 1.65. The van der Waals surface area contributed by atoms with Crippen molar-refractivity contribution in [2.24, 2.45) is 0 Å². The highest BCUT2D eigenvalue weighted by molar-refractivity contribution is 7.80. The van der Waals surface area contributed by atoms with Gasteiger partial charge in [0, 0.05) is 16.8 Å².